The SMILES string of the molecule is O=C(CSc1nnc(COc2ccccc2Cl)n1-c1ccccc1)N1CCc2sccc2C1. The van der Waals surface area contributed by atoms with Gasteiger partial charge in [0.25, 0.3) is 0 Å². The number of hydrogen-bond acceptors (Lipinski definition) is 6. The van der Waals surface area contributed by atoms with Crippen LogP contribution < -0.4 is 4.74 Å². The molecule has 0 bridgehead atoms. The van der Waals surface area contributed by atoms with Gasteiger partial charge in [0.15, 0.2) is 11.0 Å². The Balaban J connectivity index is 1.32. The number of hydrogen-bond donors (Lipinski definition) is 0. The number of thioether (sulfide) groups is 1. The molecule has 1 aliphatic rings. The number of halogens is 1. The molecule has 0 N–H and O–H groups in total. The summed E-state index contributed by atoms with van der Waals surface area (Å²) in [6, 6.07) is 19.3. The van der Waals surface area contributed by atoms with Gasteiger partial charge in [0.2, 0.25) is 5.91 Å². The number of nitrogens with zero attached hydrogens (tertiary/aromatic N) is 4. The highest BCUT2D eigenvalue weighted by Crippen LogP contribution is 2.28. The van der Waals surface area contributed by atoms with Gasteiger partial charge in [-0.2, -0.15) is 0 Å². The van der Waals surface area contributed by atoms with Crippen LogP contribution in [0.1, 0.15) is 16.3 Å². The molecule has 0 spiro atoms. The van der Waals surface area contributed by atoms with Crippen LogP contribution in [0.4, 0.5) is 0 Å². The summed E-state index contributed by atoms with van der Waals surface area (Å²) in [4.78, 5) is 16.2. The zero-order valence-electron chi connectivity index (χ0n) is 17.7. The van der Waals surface area contributed by atoms with Crippen molar-refractivity contribution in [3.8, 4) is 11.4 Å². The summed E-state index contributed by atoms with van der Waals surface area (Å²) in [6.45, 7) is 1.64. The Morgan fingerprint density at radius 2 is 1.91 bits per heavy atom. The number of carbonyl (C=O) groups excluding carboxylic acids is 1. The molecule has 4 aromatic rings. The third kappa shape index (κ3) is 4.93. The van der Waals surface area contributed by atoms with Gasteiger partial charge < -0.3 is 9.64 Å². The van der Waals surface area contributed by atoms with Crippen molar-refractivity contribution in [1.82, 2.24) is 19.7 Å². The van der Waals surface area contributed by atoms with Gasteiger partial charge in [0.05, 0.1) is 10.8 Å². The van der Waals surface area contributed by atoms with E-state index in [-0.39, 0.29) is 12.5 Å². The standard InChI is InChI=1S/C24H21ClN4O2S2/c25-19-8-4-5-9-20(19)31-15-22-26-27-24(29(22)18-6-2-1-3-7-18)33-16-23(30)28-12-10-21-17(14-28)11-13-32-21/h1-9,11,13H,10,12,14-16H2. The van der Waals surface area contributed by atoms with Crippen LogP contribution in [0, 0.1) is 0 Å². The number of aromatic nitrogens is 3. The van der Waals surface area contributed by atoms with E-state index >= 15 is 0 Å². The fraction of sp³-hybridized carbons (Fsp3) is 0.208. The Morgan fingerprint density at radius 1 is 1.09 bits per heavy atom. The van der Waals surface area contributed by atoms with E-state index in [1.807, 2.05) is 58.0 Å². The number of fused-ring (bicyclic) bond motifs is 1. The highest BCUT2D eigenvalue weighted by Gasteiger charge is 2.23. The largest absolute Gasteiger partial charge is 0.484 e. The third-order valence-corrected chi connectivity index (χ3v) is 7.64. The maximum absolute atomic E-state index is 12.9. The zero-order chi connectivity index (χ0) is 22.6. The number of rotatable bonds is 7. The van der Waals surface area contributed by atoms with Gasteiger partial charge in [-0.15, -0.1) is 21.5 Å². The number of ether oxygens (including phenoxy) is 1. The molecule has 0 radical (unpaired) electrons. The minimum atomic E-state index is 0.105. The molecule has 0 aliphatic carbocycles. The fourth-order valence-corrected chi connectivity index (χ4v) is 5.66. The molecule has 5 rings (SSSR count). The van der Waals surface area contributed by atoms with Crippen LogP contribution in [0.3, 0.4) is 0 Å². The quantitative estimate of drug-likeness (QED) is 0.327. The maximum atomic E-state index is 12.9. The number of para-hydroxylation sites is 2. The molecule has 3 heterocycles. The molecule has 0 saturated carbocycles. The first kappa shape index (κ1) is 22.0. The summed E-state index contributed by atoms with van der Waals surface area (Å²) in [5, 5.41) is 12.0. The normalized spacial score (nSPS) is 13.1. The molecule has 0 saturated heterocycles. The molecule has 0 unspecified atom stereocenters. The van der Waals surface area contributed by atoms with Gasteiger partial charge >= 0.3 is 0 Å². The summed E-state index contributed by atoms with van der Waals surface area (Å²) in [7, 11) is 0. The molecule has 0 atom stereocenters. The Labute approximate surface area is 205 Å². The van der Waals surface area contributed by atoms with Crippen molar-refractivity contribution in [3.63, 3.8) is 0 Å². The van der Waals surface area contributed by atoms with E-state index < -0.39 is 0 Å². The number of carbonyl (C=O) groups is 1. The van der Waals surface area contributed by atoms with Gasteiger partial charge in [-0.1, -0.05) is 53.7 Å². The monoisotopic (exact) mass is 496 g/mol. The topological polar surface area (TPSA) is 60.2 Å². The van der Waals surface area contributed by atoms with E-state index in [1.165, 1.54) is 22.2 Å². The van der Waals surface area contributed by atoms with Crippen molar-refractivity contribution in [2.75, 3.05) is 12.3 Å². The molecule has 6 nitrogen and oxygen atoms in total. The second-order valence-electron chi connectivity index (χ2n) is 7.51. The molecule has 1 aliphatic heterocycles. The van der Waals surface area contributed by atoms with E-state index in [0.717, 1.165) is 18.7 Å². The molecule has 2 aromatic carbocycles. The van der Waals surface area contributed by atoms with Crippen LogP contribution in [-0.2, 0) is 24.4 Å². The summed E-state index contributed by atoms with van der Waals surface area (Å²) >= 11 is 9.38. The molecule has 33 heavy (non-hydrogen) atoms. The lowest BCUT2D eigenvalue weighted by atomic mass is 10.1. The van der Waals surface area contributed by atoms with Gasteiger partial charge in [0, 0.05) is 23.7 Å². The molecule has 2 aromatic heterocycles. The fourth-order valence-electron chi connectivity index (χ4n) is 3.71. The summed E-state index contributed by atoms with van der Waals surface area (Å²) < 4.78 is 7.84. The molecule has 1 amide bonds. The molecule has 0 fully saturated rings. The summed E-state index contributed by atoms with van der Waals surface area (Å²) in [5.74, 6) is 1.63. The minimum Gasteiger partial charge on any atom is -0.484 e. The Bertz CT molecular complexity index is 1260. The number of thiophene rings is 1. The lowest BCUT2D eigenvalue weighted by molar-refractivity contribution is -0.129. The lowest BCUT2D eigenvalue weighted by Gasteiger charge is -2.26. The number of benzene rings is 2. The number of amides is 1. The van der Waals surface area contributed by atoms with Crippen LogP contribution in [0.5, 0.6) is 5.75 Å². The predicted octanol–water partition coefficient (Wildman–Crippen LogP) is 5.24. The second kappa shape index (κ2) is 9.99. The van der Waals surface area contributed by atoms with Gasteiger partial charge in [-0.3, -0.25) is 9.36 Å². The minimum absolute atomic E-state index is 0.105. The average Bonchev–Trinajstić information content (AvgIpc) is 3.49. The summed E-state index contributed by atoms with van der Waals surface area (Å²) in [5.41, 5.74) is 2.17. The lowest BCUT2D eigenvalue weighted by Crippen LogP contribution is -2.36. The van der Waals surface area contributed by atoms with Crippen LogP contribution in [0.2, 0.25) is 5.02 Å². The van der Waals surface area contributed by atoms with Crippen molar-refractivity contribution < 1.29 is 9.53 Å². The average molecular weight is 497 g/mol. The summed E-state index contributed by atoms with van der Waals surface area (Å²) in [6.07, 6.45) is 0.924. The van der Waals surface area contributed by atoms with Crippen molar-refractivity contribution in [2.24, 2.45) is 0 Å². The maximum Gasteiger partial charge on any atom is 0.233 e. The van der Waals surface area contributed by atoms with E-state index in [2.05, 4.69) is 21.6 Å². The molecular weight excluding hydrogens is 476 g/mol. The highest BCUT2D eigenvalue weighted by atomic mass is 35.5. The van der Waals surface area contributed by atoms with E-state index in [0.29, 0.717) is 34.1 Å². The van der Waals surface area contributed by atoms with E-state index in [9.17, 15) is 4.79 Å². The van der Waals surface area contributed by atoms with Crippen molar-refractivity contribution in [3.05, 3.63) is 87.3 Å². The van der Waals surface area contributed by atoms with Gasteiger partial charge in [-0.25, -0.2) is 0 Å². The molecule has 168 valence electrons. The third-order valence-electron chi connectivity index (χ3n) is 5.39. The van der Waals surface area contributed by atoms with Crippen LogP contribution in [0.25, 0.3) is 5.69 Å². The highest BCUT2D eigenvalue weighted by molar-refractivity contribution is 7.99. The van der Waals surface area contributed by atoms with Crippen molar-refractivity contribution >= 4 is 40.6 Å². The van der Waals surface area contributed by atoms with Crippen LogP contribution in [-0.4, -0.2) is 37.9 Å². The van der Waals surface area contributed by atoms with Crippen molar-refractivity contribution in [1.29, 1.82) is 0 Å². The first-order valence-electron chi connectivity index (χ1n) is 10.5. The molecule has 9 heteroatoms. The Hall–Kier alpha value is -2.81. The van der Waals surface area contributed by atoms with Crippen molar-refractivity contribution in [2.45, 2.75) is 24.7 Å². The van der Waals surface area contributed by atoms with Gasteiger partial charge in [0.1, 0.15) is 12.4 Å². The van der Waals surface area contributed by atoms with E-state index in [4.69, 9.17) is 16.3 Å². The van der Waals surface area contributed by atoms with E-state index in [1.54, 1.807) is 17.4 Å². The smallest absolute Gasteiger partial charge is 0.233 e. The first-order chi connectivity index (χ1) is 16.2. The molecular formula is C24H21ClN4O2S2. The second-order valence-corrected chi connectivity index (χ2v) is 9.86. The Morgan fingerprint density at radius 3 is 2.76 bits per heavy atom. The predicted molar refractivity (Wildman–Crippen MR) is 131 cm³/mol. The van der Waals surface area contributed by atoms with Crippen LogP contribution >= 0.6 is 34.7 Å². The van der Waals surface area contributed by atoms with Gasteiger partial charge in [-0.05, 0) is 47.7 Å². The Kier molecular flexibility index (Phi) is 6.66. The van der Waals surface area contributed by atoms with Crippen LogP contribution in [0.15, 0.2) is 71.2 Å². The zero-order valence-corrected chi connectivity index (χ0v) is 20.1. The first-order valence-corrected chi connectivity index (χ1v) is 12.8.